The lowest BCUT2D eigenvalue weighted by atomic mass is 10.1. The molecule has 0 aliphatic rings. The first-order valence-electron chi connectivity index (χ1n) is 8.70. The Morgan fingerprint density at radius 1 is 1.11 bits per heavy atom. The van der Waals surface area contributed by atoms with E-state index >= 15 is 0 Å². The molecule has 0 fully saturated rings. The summed E-state index contributed by atoms with van der Waals surface area (Å²) in [6.45, 7) is 1.98. The number of hydrogen-bond donors (Lipinski definition) is 2. The van der Waals surface area contributed by atoms with Gasteiger partial charge in [0.1, 0.15) is 10.6 Å². The molecule has 2 heterocycles. The van der Waals surface area contributed by atoms with Crippen molar-refractivity contribution in [1.29, 1.82) is 0 Å². The lowest BCUT2D eigenvalue weighted by molar-refractivity contribution is 0.102. The topological polar surface area (TPSA) is 79.3 Å². The zero-order valence-electron chi connectivity index (χ0n) is 15.4. The second-order valence-electron chi connectivity index (χ2n) is 6.35. The maximum Gasteiger partial charge on any atom is 0.262 e. The van der Waals surface area contributed by atoms with E-state index in [1.165, 1.54) is 17.8 Å². The molecule has 0 atom stereocenters. The molecular weight excluding hydrogens is 372 g/mol. The molecule has 0 bridgehead atoms. The van der Waals surface area contributed by atoms with Gasteiger partial charge in [-0.15, -0.1) is 11.8 Å². The van der Waals surface area contributed by atoms with Crippen LogP contribution in [0, 0.1) is 6.92 Å². The van der Waals surface area contributed by atoms with Crippen molar-refractivity contribution in [1.82, 2.24) is 14.6 Å². The number of benzene rings is 2. The molecule has 140 valence electrons. The minimum atomic E-state index is -0.316. The predicted molar refractivity (Wildman–Crippen MR) is 112 cm³/mol. The fourth-order valence-electron chi connectivity index (χ4n) is 3.02. The molecule has 2 N–H and O–H groups in total. The molecule has 0 spiro atoms. The number of aromatic nitrogens is 3. The minimum absolute atomic E-state index is 0.289. The summed E-state index contributed by atoms with van der Waals surface area (Å²) in [6.07, 6.45) is 1.85. The number of H-pyrrole nitrogens is 1. The van der Waals surface area contributed by atoms with E-state index < -0.39 is 0 Å². The van der Waals surface area contributed by atoms with Gasteiger partial charge in [0.2, 0.25) is 0 Å². The van der Waals surface area contributed by atoms with Gasteiger partial charge >= 0.3 is 0 Å². The lowest BCUT2D eigenvalue weighted by Crippen LogP contribution is -2.15. The second-order valence-corrected chi connectivity index (χ2v) is 7.14. The first kappa shape index (κ1) is 18.1. The van der Waals surface area contributed by atoms with E-state index in [9.17, 15) is 9.59 Å². The molecule has 0 aliphatic heterocycles. The third kappa shape index (κ3) is 3.32. The lowest BCUT2D eigenvalue weighted by Gasteiger charge is -2.07. The SMILES string of the molecule is CSc1nn2c(-c3ccccc3)cc(=O)[nH]c2c1C(=O)Nc1ccc(C)cc1. The van der Waals surface area contributed by atoms with Crippen LogP contribution in [0.5, 0.6) is 0 Å². The molecule has 0 aliphatic carbocycles. The molecule has 0 radical (unpaired) electrons. The summed E-state index contributed by atoms with van der Waals surface area (Å²) in [5, 5.41) is 8.01. The number of carbonyl (C=O) groups excluding carboxylic acids is 1. The zero-order valence-corrected chi connectivity index (χ0v) is 16.2. The number of carbonyl (C=O) groups is 1. The highest BCUT2D eigenvalue weighted by molar-refractivity contribution is 7.98. The van der Waals surface area contributed by atoms with Crippen LogP contribution >= 0.6 is 11.8 Å². The first-order valence-corrected chi connectivity index (χ1v) is 9.93. The molecule has 6 nitrogen and oxygen atoms in total. The molecule has 0 saturated heterocycles. The molecule has 4 rings (SSSR count). The summed E-state index contributed by atoms with van der Waals surface area (Å²) < 4.78 is 1.62. The number of anilines is 1. The van der Waals surface area contributed by atoms with E-state index in [1.807, 2.05) is 67.8 Å². The van der Waals surface area contributed by atoms with Crippen molar-refractivity contribution in [3.05, 3.63) is 82.1 Å². The summed E-state index contributed by atoms with van der Waals surface area (Å²) in [5.41, 5.74) is 3.70. The van der Waals surface area contributed by atoms with Gasteiger partial charge in [0, 0.05) is 17.3 Å². The van der Waals surface area contributed by atoms with Gasteiger partial charge in [0.05, 0.1) is 5.69 Å². The van der Waals surface area contributed by atoms with Crippen LogP contribution < -0.4 is 10.9 Å². The van der Waals surface area contributed by atoms with Crippen LogP contribution in [-0.2, 0) is 0 Å². The first-order chi connectivity index (χ1) is 13.6. The molecule has 0 saturated carbocycles. The molecule has 2 aromatic heterocycles. The van der Waals surface area contributed by atoms with E-state index in [1.54, 1.807) is 4.52 Å². The Morgan fingerprint density at radius 3 is 2.50 bits per heavy atom. The number of thioether (sulfide) groups is 1. The Hall–Kier alpha value is -3.32. The Bertz CT molecular complexity index is 1210. The van der Waals surface area contributed by atoms with Crippen molar-refractivity contribution >= 4 is 29.0 Å². The Balaban J connectivity index is 1.86. The Labute approximate surface area is 165 Å². The average Bonchev–Trinajstić information content (AvgIpc) is 3.08. The highest BCUT2D eigenvalue weighted by Gasteiger charge is 2.22. The predicted octanol–water partition coefficient (Wildman–Crippen LogP) is 3.97. The van der Waals surface area contributed by atoms with Gasteiger partial charge < -0.3 is 10.3 Å². The quantitative estimate of drug-likeness (QED) is 0.517. The smallest absolute Gasteiger partial charge is 0.262 e. The Kier molecular flexibility index (Phi) is 4.75. The summed E-state index contributed by atoms with van der Waals surface area (Å²) in [6, 6.07) is 18.5. The molecule has 28 heavy (non-hydrogen) atoms. The van der Waals surface area contributed by atoms with Crippen molar-refractivity contribution < 1.29 is 4.79 Å². The number of aromatic amines is 1. The second kappa shape index (κ2) is 7.36. The van der Waals surface area contributed by atoms with Crippen LogP contribution in [0.1, 0.15) is 15.9 Å². The largest absolute Gasteiger partial charge is 0.322 e. The highest BCUT2D eigenvalue weighted by atomic mass is 32.2. The van der Waals surface area contributed by atoms with E-state index in [4.69, 9.17) is 0 Å². The molecule has 1 amide bonds. The van der Waals surface area contributed by atoms with Gasteiger partial charge in [0.25, 0.3) is 11.5 Å². The third-order valence-corrected chi connectivity index (χ3v) is 5.06. The van der Waals surface area contributed by atoms with Crippen LogP contribution in [0.3, 0.4) is 0 Å². The van der Waals surface area contributed by atoms with Crippen molar-refractivity contribution in [3.8, 4) is 11.3 Å². The van der Waals surface area contributed by atoms with E-state index in [0.29, 0.717) is 27.6 Å². The van der Waals surface area contributed by atoms with Crippen molar-refractivity contribution in [2.75, 3.05) is 11.6 Å². The number of amides is 1. The minimum Gasteiger partial charge on any atom is -0.322 e. The molecule has 7 heteroatoms. The summed E-state index contributed by atoms with van der Waals surface area (Å²) in [4.78, 5) is 28.1. The van der Waals surface area contributed by atoms with Gasteiger partial charge in [-0.25, -0.2) is 4.52 Å². The van der Waals surface area contributed by atoms with Crippen LogP contribution in [0.4, 0.5) is 5.69 Å². The molecular formula is C21H18N4O2S. The summed E-state index contributed by atoms with van der Waals surface area (Å²) in [7, 11) is 0. The number of nitrogens with one attached hydrogen (secondary N) is 2. The number of rotatable bonds is 4. The maximum atomic E-state index is 13.0. The van der Waals surface area contributed by atoms with Gasteiger partial charge in [0.15, 0.2) is 5.65 Å². The van der Waals surface area contributed by atoms with Crippen LogP contribution in [-0.4, -0.2) is 26.8 Å². The third-order valence-electron chi connectivity index (χ3n) is 4.39. The van der Waals surface area contributed by atoms with Crippen LogP contribution in [0.2, 0.25) is 0 Å². The van der Waals surface area contributed by atoms with Crippen molar-refractivity contribution in [2.24, 2.45) is 0 Å². The fraction of sp³-hybridized carbons (Fsp3) is 0.0952. The van der Waals surface area contributed by atoms with Gasteiger partial charge in [-0.2, -0.15) is 5.10 Å². The normalized spacial score (nSPS) is 10.9. The van der Waals surface area contributed by atoms with E-state index in [2.05, 4.69) is 15.4 Å². The summed E-state index contributed by atoms with van der Waals surface area (Å²) >= 11 is 1.36. The molecule has 4 aromatic rings. The number of nitrogens with zero attached hydrogens (tertiary/aromatic N) is 2. The number of fused-ring (bicyclic) bond motifs is 1. The van der Waals surface area contributed by atoms with Gasteiger partial charge in [-0.05, 0) is 25.3 Å². The summed E-state index contributed by atoms with van der Waals surface area (Å²) in [5.74, 6) is -0.316. The van der Waals surface area contributed by atoms with Crippen LogP contribution in [0.25, 0.3) is 16.9 Å². The van der Waals surface area contributed by atoms with Gasteiger partial charge in [-0.1, -0.05) is 48.0 Å². The number of aryl methyl sites for hydroxylation is 1. The van der Waals surface area contributed by atoms with Crippen LogP contribution in [0.15, 0.2) is 70.5 Å². The standard InChI is InChI=1S/C21H18N4O2S/c1-13-8-10-15(11-9-13)22-20(27)18-19-23-17(26)12-16(14-6-4-3-5-7-14)25(19)24-21(18)28-2/h3-12H,1-2H3,(H,22,27)(H,23,26). The van der Waals surface area contributed by atoms with E-state index in [-0.39, 0.29) is 11.5 Å². The fourth-order valence-corrected chi connectivity index (χ4v) is 3.58. The Morgan fingerprint density at radius 2 is 1.82 bits per heavy atom. The molecule has 0 unspecified atom stereocenters. The number of hydrogen-bond acceptors (Lipinski definition) is 4. The van der Waals surface area contributed by atoms with Crippen molar-refractivity contribution in [2.45, 2.75) is 11.9 Å². The van der Waals surface area contributed by atoms with E-state index in [0.717, 1.165) is 11.1 Å². The van der Waals surface area contributed by atoms with Crippen molar-refractivity contribution in [3.63, 3.8) is 0 Å². The molecule has 2 aromatic carbocycles. The zero-order chi connectivity index (χ0) is 19.7. The monoisotopic (exact) mass is 390 g/mol. The van der Waals surface area contributed by atoms with Gasteiger partial charge in [-0.3, -0.25) is 9.59 Å². The maximum absolute atomic E-state index is 13.0. The average molecular weight is 390 g/mol. The highest BCUT2D eigenvalue weighted by Crippen LogP contribution is 2.27.